The standard InChI is InChI=1S/2C21H19ClO3S.C12H8BrClO2S.C8H6Cl2O2.C8H7ClO3/c2*1-12-10-14(11-13(2)21(12)25-4)17-8-9-18(26-17)20(23)15-6-5-7-16(24-3)19(15)22;1-16-8-4-2-3-7(11(8)14)12(15)9-5-6-10(13)17-9;2*1-12-6-4-2-3-5(7(6)9)8(10)11/h2*5-11H,1-4H3;2-6H,1H3;2-4H,1H3;2-4H,1H3,(H,10,11). The number of aromatic carboxylic acids is 1. The molecule has 10 aromatic rings. The van der Waals surface area contributed by atoms with Gasteiger partial charge < -0.3 is 38.3 Å². The number of carboxylic acids is 1. The van der Waals surface area contributed by atoms with Crippen LogP contribution in [0.5, 0.6) is 40.2 Å². The number of carbonyl (C=O) groups is 5. The average Bonchev–Trinajstić information content (AvgIpc) is 1.75. The van der Waals surface area contributed by atoms with E-state index in [1.54, 1.807) is 105 Å². The molecule has 93 heavy (non-hydrogen) atoms. The highest BCUT2D eigenvalue weighted by Crippen LogP contribution is 2.40. The van der Waals surface area contributed by atoms with E-state index in [1.807, 2.05) is 58.0 Å². The first-order valence-corrected chi connectivity index (χ1v) is 32.9. The number of hydrogen-bond acceptors (Lipinski definition) is 15. The predicted octanol–water partition coefficient (Wildman–Crippen LogP) is 21.0. The van der Waals surface area contributed by atoms with E-state index in [1.165, 1.54) is 75.6 Å². The molecule has 484 valence electrons. The fourth-order valence-corrected chi connectivity index (χ4v) is 14.0. The van der Waals surface area contributed by atoms with Crippen LogP contribution < -0.4 is 33.2 Å². The average molecular weight is 1500 g/mol. The van der Waals surface area contributed by atoms with Gasteiger partial charge in [0.1, 0.15) is 40.2 Å². The van der Waals surface area contributed by atoms with E-state index in [2.05, 4.69) is 40.2 Å². The maximum Gasteiger partial charge on any atom is 0.337 e. The third-order valence-corrected chi connectivity index (χ3v) is 19.5. The van der Waals surface area contributed by atoms with Gasteiger partial charge in [-0.05, 0) is 210 Å². The molecule has 3 aromatic heterocycles. The molecular weight excluding hydrogens is 1440 g/mol. The summed E-state index contributed by atoms with van der Waals surface area (Å²) in [6.07, 6.45) is 0. The van der Waals surface area contributed by atoms with Crippen LogP contribution in [0.2, 0.25) is 25.1 Å². The molecular formula is C70H59BrCl6O13S3. The molecule has 10 rings (SSSR count). The Bertz CT molecular complexity index is 4080. The summed E-state index contributed by atoms with van der Waals surface area (Å²) in [6.45, 7) is 8.08. The van der Waals surface area contributed by atoms with Crippen LogP contribution >= 0.6 is 120 Å². The summed E-state index contributed by atoms with van der Waals surface area (Å²) < 4.78 is 37.0. The summed E-state index contributed by atoms with van der Waals surface area (Å²) in [5.41, 5.74) is 8.08. The molecule has 23 heteroatoms. The number of rotatable bonds is 17. The number of aryl methyl sites for hydroxylation is 4. The van der Waals surface area contributed by atoms with Gasteiger partial charge in [-0.1, -0.05) is 88.3 Å². The Hall–Kier alpha value is -7.39. The number of carbonyl (C=O) groups excluding carboxylic acids is 4. The maximum absolute atomic E-state index is 12.9. The van der Waals surface area contributed by atoms with Crippen molar-refractivity contribution < 1.29 is 62.2 Å². The second-order valence-corrected chi connectivity index (χ2v) is 26.3. The number of ketones is 3. The minimum atomic E-state index is -1.06. The highest BCUT2D eigenvalue weighted by atomic mass is 79.9. The quantitative estimate of drug-likeness (QED) is 0.0675. The van der Waals surface area contributed by atoms with E-state index >= 15 is 0 Å². The zero-order valence-electron chi connectivity index (χ0n) is 51.7. The molecule has 0 unspecified atom stereocenters. The summed E-state index contributed by atoms with van der Waals surface area (Å²) >= 11 is 43.0. The normalized spacial score (nSPS) is 10.3. The van der Waals surface area contributed by atoms with Crippen molar-refractivity contribution in [1.29, 1.82) is 0 Å². The molecule has 0 bridgehead atoms. The number of benzene rings is 7. The number of methoxy groups -OCH3 is 7. The van der Waals surface area contributed by atoms with Gasteiger partial charge >= 0.3 is 5.97 Å². The lowest BCUT2D eigenvalue weighted by Gasteiger charge is -2.10. The van der Waals surface area contributed by atoms with Crippen molar-refractivity contribution in [2.24, 2.45) is 0 Å². The molecule has 7 aromatic carbocycles. The predicted molar refractivity (Wildman–Crippen MR) is 381 cm³/mol. The second kappa shape index (κ2) is 35.2. The lowest BCUT2D eigenvalue weighted by atomic mass is 10.0. The van der Waals surface area contributed by atoms with Gasteiger partial charge in [0.15, 0.2) is 0 Å². The van der Waals surface area contributed by atoms with E-state index in [9.17, 15) is 24.0 Å². The van der Waals surface area contributed by atoms with Crippen molar-refractivity contribution in [2.45, 2.75) is 27.7 Å². The van der Waals surface area contributed by atoms with Gasteiger partial charge in [-0.15, -0.1) is 34.0 Å². The number of thiophene rings is 3. The Morgan fingerprint density at radius 1 is 0.366 bits per heavy atom. The number of carboxylic acid groups (broad SMARTS) is 1. The molecule has 0 radical (unpaired) electrons. The SMILES string of the molecule is COc1cccc(C(=O)Cl)c1Cl.COc1cccc(C(=O)O)c1Cl.COc1cccc(C(=O)c2ccc(-c3cc(C)c(OC)c(C)c3)s2)c1Cl.COc1cccc(C(=O)c2ccc(-c3cc(C)c(OC)c(C)c3)s2)c1Cl.COc1cccc(C(=O)c2ccc(Br)s2)c1Cl. The van der Waals surface area contributed by atoms with Crippen LogP contribution in [0.15, 0.2) is 155 Å². The fraction of sp³-hybridized carbons (Fsp3) is 0.157. The molecule has 0 amide bonds. The van der Waals surface area contributed by atoms with Gasteiger partial charge in [0.2, 0.25) is 17.3 Å². The largest absolute Gasteiger partial charge is 0.496 e. The minimum Gasteiger partial charge on any atom is -0.496 e. The van der Waals surface area contributed by atoms with Crippen molar-refractivity contribution in [3.8, 4) is 61.1 Å². The third kappa shape index (κ3) is 18.7. The molecule has 0 aliphatic carbocycles. The van der Waals surface area contributed by atoms with E-state index in [-0.39, 0.29) is 38.5 Å². The Kier molecular flexibility index (Phi) is 28.3. The Morgan fingerprint density at radius 3 is 0.903 bits per heavy atom. The third-order valence-electron chi connectivity index (χ3n) is 13.4. The Morgan fingerprint density at radius 2 is 0.634 bits per heavy atom. The lowest BCUT2D eigenvalue weighted by molar-refractivity contribution is 0.0695. The molecule has 3 heterocycles. The first kappa shape index (κ1) is 74.6. The van der Waals surface area contributed by atoms with Crippen molar-refractivity contribution in [2.75, 3.05) is 49.8 Å². The summed E-state index contributed by atoms with van der Waals surface area (Å²) in [4.78, 5) is 63.2. The topological polar surface area (TPSA) is 170 Å². The molecule has 0 spiro atoms. The molecule has 1 N–H and O–H groups in total. The minimum absolute atomic E-state index is 0.0519. The first-order valence-electron chi connectivity index (χ1n) is 27.3. The van der Waals surface area contributed by atoms with E-state index in [4.69, 9.17) is 108 Å². The monoisotopic (exact) mass is 1490 g/mol. The summed E-state index contributed by atoms with van der Waals surface area (Å²) in [5, 5.41) is 9.47. The van der Waals surface area contributed by atoms with Gasteiger partial charge in [0.25, 0.3) is 5.24 Å². The fourth-order valence-electron chi connectivity index (χ4n) is 9.08. The number of ether oxygens (including phenoxy) is 7. The van der Waals surface area contributed by atoms with E-state index in [0.29, 0.717) is 75.1 Å². The van der Waals surface area contributed by atoms with Crippen molar-refractivity contribution in [3.05, 3.63) is 245 Å². The van der Waals surface area contributed by atoms with Crippen LogP contribution in [-0.4, -0.2) is 83.4 Å². The molecule has 0 aliphatic heterocycles. The smallest absolute Gasteiger partial charge is 0.337 e. The summed E-state index contributed by atoms with van der Waals surface area (Å²) in [5.74, 6) is 2.75. The van der Waals surface area contributed by atoms with Crippen LogP contribution in [0.25, 0.3) is 20.9 Å². The van der Waals surface area contributed by atoms with Gasteiger partial charge in [0, 0.05) is 26.4 Å². The zero-order chi connectivity index (χ0) is 68.4. The van der Waals surface area contributed by atoms with Crippen molar-refractivity contribution in [1.82, 2.24) is 0 Å². The van der Waals surface area contributed by atoms with Crippen LogP contribution in [0, 0.1) is 27.7 Å². The van der Waals surface area contributed by atoms with Crippen LogP contribution in [0.3, 0.4) is 0 Å². The van der Waals surface area contributed by atoms with Crippen LogP contribution in [-0.2, 0) is 0 Å². The van der Waals surface area contributed by atoms with Gasteiger partial charge in [0.05, 0.1) is 104 Å². The van der Waals surface area contributed by atoms with Gasteiger partial charge in [-0.3, -0.25) is 19.2 Å². The Balaban J connectivity index is 0.000000192. The molecule has 0 fully saturated rings. The van der Waals surface area contributed by atoms with Crippen LogP contribution in [0.1, 0.15) is 88.7 Å². The summed E-state index contributed by atoms with van der Waals surface area (Å²) in [7, 11) is 10.9. The van der Waals surface area contributed by atoms with Gasteiger partial charge in [-0.25, -0.2) is 4.79 Å². The molecule has 13 nitrogen and oxygen atoms in total. The Labute approximate surface area is 589 Å². The maximum atomic E-state index is 12.9. The zero-order valence-corrected chi connectivity index (χ0v) is 60.2. The molecule has 0 aliphatic rings. The van der Waals surface area contributed by atoms with E-state index < -0.39 is 11.2 Å². The van der Waals surface area contributed by atoms with Crippen molar-refractivity contribution in [3.63, 3.8) is 0 Å². The second-order valence-electron chi connectivity index (χ2n) is 19.4. The molecule has 0 saturated carbocycles. The highest BCUT2D eigenvalue weighted by molar-refractivity contribution is 9.11. The van der Waals surface area contributed by atoms with E-state index in [0.717, 1.165) is 58.4 Å². The van der Waals surface area contributed by atoms with Gasteiger partial charge in [-0.2, -0.15) is 0 Å². The first-order chi connectivity index (χ1) is 44.4. The number of hydrogen-bond donors (Lipinski definition) is 1. The molecule has 0 saturated heterocycles. The number of halogens is 7. The van der Waals surface area contributed by atoms with Crippen molar-refractivity contribution >= 4 is 148 Å². The lowest BCUT2D eigenvalue weighted by Crippen LogP contribution is -2.00. The summed E-state index contributed by atoms with van der Waals surface area (Å²) in [6, 6.07) is 44.6. The molecule has 0 atom stereocenters. The highest BCUT2D eigenvalue weighted by Gasteiger charge is 2.22. The van der Waals surface area contributed by atoms with Crippen LogP contribution in [0.4, 0.5) is 0 Å².